The van der Waals surface area contributed by atoms with Crippen LogP contribution in [0.15, 0.2) is 24.3 Å². The molecule has 0 saturated carbocycles. The summed E-state index contributed by atoms with van der Waals surface area (Å²) in [4.78, 5) is 10.6. The molecule has 0 radical (unpaired) electrons. The van der Waals surface area contributed by atoms with Crippen molar-refractivity contribution in [2.45, 2.75) is 30.8 Å². The molecule has 2 atom stereocenters. The highest BCUT2D eigenvalue weighted by Crippen LogP contribution is 2.37. The molecule has 0 aliphatic heterocycles. The molecule has 0 bridgehead atoms. The molecule has 1 aromatic carbocycles. The Morgan fingerprint density at radius 2 is 1.82 bits per heavy atom. The number of ketones is 1. The Morgan fingerprint density at radius 1 is 1.29 bits per heavy atom. The molecule has 0 amide bonds. The van der Waals surface area contributed by atoms with Gasteiger partial charge in [-0.25, -0.2) is 0 Å². The van der Waals surface area contributed by atoms with Gasteiger partial charge in [0.05, 0.1) is 10.4 Å². The third-order valence-electron chi connectivity index (χ3n) is 2.58. The van der Waals surface area contributed by atoms with E-state index in [1.807, 2.05) is 0 Å². The highest BCUT2D eigenvalue weighted by Gasteiger charge is 2.35. The second kappa shape index (κ2) is 5.21. The lowest BCUT2D eigenvalue weighted by atomic mass is 9.91. The zero-order valence-corrected chi connectivity index (χ0v) is 11.0. The fourth-order valence-electron chi connectivity index (χ4n) is 1.66. The maximum absolute atomic E-state index is 12.8. The molecule has 0 spiro atoms. The van der Waals surface area contributed by atoms with Crippen molar-refractivity contribution in [2.24, 2.45) is 0 Å². The van der Waals surface area contributed by atoms with Crippen LogP contribution in [0.5, 0.6) is 0 Å². The Hall–Kier alpha value is -0.840. The number of hydrogen-bond acceptors (Lipinski definition) is 1. The second-order valence-electron chi connectivity index (χ2n) is 3.89. The third kappa shape index (κ3) is 3.31. The van der Waals surface area contributed by atoms with E-state index in [9.17, 15) is 18.0 Å². The number of benzene rings is 1. The molecule has 0 fully saturated rings. The van der Waals surface area contributed by atoms with Gasteiger partial charge < -0.3 is 0 Å². The number of carbonyl (C=O) groups excluding carboxylic acids is 1. The van der Waals surface area contributed by atoms with Gasteiger partial charge in [-0.15, -0.1) is 0 Å². The van der Waals surface area contributed by atoms with E-state index in [1.54, 1.807) is 13.0 Å². The molecule has 1 nitrogen and oxygen atoms in total. The highest BCUT2D eigenvalue weighted by molar-refractivity contribution is 9.10. The minimum Gasteiger partial charge on any atom is -0.299 e. The smallest absolute Gasteiger partial charge is 0.299 e. The summed E-state index contributed by atoms with van der Waals surface area (Å²) in [5, 5.41) is 0. The normalized spacial score (nSPS) is 15.4. The zero-order chi connectivity index (χ0) is 13.2. The van der Waals surface area contributed by atoms with E-state index in [1.165, 1.54) is 19.1 Å². The number of carbonyl (C=O) groups is 1. The molecule has 1 aromatic rings. The first-order valence-electron chi connectivity index (χ1n) is 5.05. The Kier molecular flexibility index (Phi) is 4.36. The standard InChI is InChI=1S/C12H12BrF3O/c1-7(11(13)8(2)17)9-5-3-4-6-10(9)12(14,15)16/h3-7,11H,1-2H3. The van der Waals surface area contributed by atoms with Crippen molar-refractivity contribution in [1.29, 1.82) is 0 Å². The molecule has 0 aliphatic rings. The molecule has 1 rings (SSSR count). The predicted octanol–water partition coefficient (Wildman–Crippen LogP) is 4.16. The minimum atomic E-state index is -4.39. The number of hydrogen-bond donors (Lipinski definition) is 0. The summed E-state index contributed by atoms with van der Waals surface area (Å²) in [6.45, 7) is 2.96. The maximum Gasteiger partial charge on any atom is 0.416 e. The van der Waals surface area contributed by atoms with Gasteiger partial charge in [0, 0.05) is 5.92 Å². The molecule has 94 valence electrons. The Balaban J connectivity index is 3.18. The molecular weight excluding hydrogens is 297 g/mol. The van der Waals surface area contributed by atoms with Crippen molar-refractivity contribution in [3.8, 4) is 0 Å². The largest absolute Gasteiger partial charge is 0.416 e. The second-order valence-corrected chi connectivity index (χ2v) is 4.87. The topological polar surface area (TPSA) is 17.1 Å². The van der Waals surface area contributed by atoms with Gasteiger partial charge in [0.15, 0.2) is 0 Å². The molecule has 17 heavy (non-hydrogen) atoms. The van der Waals surface area contributed by atoms with Gasteiger partial charge >= 0.3 is 6.18 Å². The zero-order valence-electron chi connectivity index (χ0n) is 9.38. The van der Waals surface area contributed by atoms with Gasteiger partial charge in [0.1, 0.15) is 5.78 Å². The highest BCUT2D eigenvalue weighted by atomic mass is 79.9. The first kappa shape index (κ1) is 14.2. The van der Waals surface area contributed by atoms with Gasteiger partial charge in [-0.3, -0.25) is 4.79 Å². The van der Waals surface area contributed by atoms with Crippen LogP contribution in [0.3, 0.4) is 0 Å². The molecule has 0 saturated heterocycles. The van der Waals surface area contributed by atoms with E-state index in [0.717, 1.165) is 6.07 Å². The Morgan fingerprint density at radius 3 is 2.29 bits per heavy atom. The fourth-order valence-corrected chi connectivity index (χ4v) is 1.95. The Labute approximate surface area is 106 Å². The molecule has 0 N–H and O–H groups in total. The monoisotopic (exact) mass is 308 g/mol. The summed E-state index contributed by atoms with van der Waals surface area (Å²) in [5.74, 6) is -0.709. The number of Topliss-reactive ketones (excluding diaryl/α,β-unsaturated/α-hetero) is 1. The Bertz CT molecular complexity index is 414. The van der Waals surface area contributed by atoms with Crippen LogP contribution in [-0.2, 0) is 11.0 Å². The first-order valence-corrected chi connectivity index (χ1v) is 5.97. The van der Waals surface area contributed by atoms with Crippen molar-refractivity contribution in [2.75, 3.05) is 0 Å². The van der Waals surface area contributed by atoms with Crippen LogP contribution in [0.2, 0.25) is 0 Å². The average molecular weight is 309 g/mol. The van der Waals surface area contributed by atoms with Crippen LogP contribution < -0.4 is 0 Å². The van der Waals surface area contributed by atoms with Crippen LogP contribution in [0, 0.1) is 0 Å². The van der Waals surface area contributed by atoms with E-state index in [-0.39, 0.29) is 11.3 Å². The van der Waals surface area contributed by atoms with Gasteiger partial charge in [0.2, 0.25) is 0 Å². The predicted molar refractivity (Wildman–Crippen MR) is 63.3 cm³/mol. The lowest BCUT2D eigenvalue weighted by Gasteiger charge is -2.20. The third-order valence-corrected chi connectivity index (χ3v) is 4.02. The maximum atomic E-state index is 12.8. The molecular formula is C12H12BrF3O. The van der Waals surface area contributed by atoms with Crippen LogP contribution >= 0.6 is 15.9 Å². The van der Waals surface area contributed by atoms with Crippen LogP contribution in [0.1, 0.15) is 30.9 Å². The molecule has 0 heterocycles. The van der Waals surface area contributed by atoms with Crippen molar-refractivity contribution in [1.82, 2.24) is 0 Å². The summed E-state index contributed by atoms with van der Waals surface area (Å²) >= 11 is 3.13. The summed E-state index contributed by atoms with van der Waals surface area (Å²) in [7, 11) is 0. The summed E-state index contributed by atoms with van der Waals surface area (Å²) in [6.07, 6.45) is -4.39. The summed E-state index contributed by atoms with van der Waals surface area (Å²) in [5.41, 5.74) is -0.546. The van der Waals surface area contributed by atoms with Crippen molar-refractivity contribution < 1.29 is 18.0 Å². The molecule has 0 aromatic heterocycles. The van der Waals surface area contributed by atoms with E-state index in [0.29, 0.717) is 0 Å². The lowest BCUT2D eigenvalue weighted by molar-refractivity contribution is -0.138. The summed E-state index contributed by atoms with van der Waals surface area (Å²) < 4.78 is 38.3. The number of halogens is 4. The number of alkyl halides is 4. The minimum absolute atomic E-state index is 0.136. The first-order chi connectivity index (χ1) is 7.75. The van der Waals surface area contributed by atoms with Crippen LogP contribution in [0.4, 0.5) is 13.2 Å². The average Bonchev–Trinajstić information content (AvgIpc) is 2.25. The fraction of sp³-hybridized carbons (Fsp3) is 0.417. The van der Waals surface area contributed by atoms with Gasteiger partial charge in [-0.2, -0.15) is 13.2 Å². The SMILES string of the molecule is CC(=O)C(Br)C(C)c1ccccc1C(F)(F)F. The van der Waals surface area contributed by atoms with Crippen molar-refractivity contribution in [3.63, 3.8) is 0 Å². The van der Waals surface area contributed by atoms with E-state index >= 15 is 0 Å². The van der Waals surface area contributed by atoms with Gasteiger partial charge in [-0.05, 0) is 18.6 Å². The lowest BCUT2D eigenvalue weighted by Crippen LogP contribution is -2.21. The quantitative estimate of drug-likeness (QED) is 0.766. The van der Waals surface area contributed by atoms with Crippen molar-refractivity contribution >= 4 is 21.7 Å². The number of rotatable bonds is 3. The van der Waals surface area contributed by atoms with Crippen molar-refractivity contribution in [3.05, 3.63) is 35.4 Å². The van der Waals surface area contributed by atoms with Crippen LogP contribution in [0.25, 0.3) is 0 Å². The molecule has 2 unspecified atom stereocenters. The van der Waals surface area contributed by atoms with Crippen LogP contribution in [-0.4, -0.2) is 10.6 Å². The molecule has 5 heteroatoms. The van der Waals surface area contributed by atoms with E-state index in [4.69, 9.17) is 0 Å². The van der Waals surface area contributed by atoms with E-state index < -0.39 is 22.5 Å². The molecule has 0 aliphatic carbocycles. The van der Waals surface area contributed by atoms with E-state index in [2.05, 4.69) is 15.9 Å². The van der Waals surface area contributed by atoms with Gasteiger partial charge in [0.25, 0.3) is 0 Å². The summed E-state index contributed by atoms with van der Waals surface area (Å²) in [6, 6.07) is 5.33. The van der Waals surface area contributed by atoms with Gasteiger partial charge in [-0.1, -0.05) is 41.1 Å².